The molecule has 0 bridgehead atoms. The SMILES string of the molecule is CNS(=O)(=O)Nc1cccc(Cc2cc(C(=O)NC3CC3)c(Nc3ccc(C)cc3F)c(F)c2F)c1. The number of nitrogens with one attached hydrogen (secondary N) is 4. The molecule has 190 valence electrons. The lowest BCUT2D eigenvalue weighted by Crippen LogP contribution is -2.27. The van der Waals surface area contributed by atoms with Crippen molar-refractivity contribution in [3.8, 4) is 0 Å². The minimum atomic E-state index is -3.77. The molecule has 0 heterocycles. The molecule has 0 unspecified atom stereocenters. The smallest absolute Gasteiger partial charge is 0.298 e. The van der Waals surface area contributed by atoms with Crippen molar-refractivity contribution in [1.82, 2.24) is 10.0 Å². The van der Waals surface area contributed by atoms with E-state index in [1.165, 1.54) is 37.4 Å². The number of carbonyl (C=O) groups excluding carboxylic acids is 1. The first-order valence-electron chi connectivity index (χ1n) is 11.2. The van der Waals surface area contributed by atoms with Crippen LogP contribution in [0.4, 0.5) is 30.2 Å². The van der Waals surface area contributed by atoms with Crippen molar-refractivity contribution in [2.45, 2.75) is 32.2 Å². The van der Waals surface area contributed by atoms with Crippen LogP contribution in [0.3, 0.4) is 0 Å². The van der Waals surface area contributed by atoms with Crippen molar-refractivity contribution in [1.29, 1.82) is 0 Å². The van der Waals surface area contributed by atoms with Crippen molar-refractivity contribution in [3.63, 3.8) is 0 Å². The van der Waals surface area contributed by atoms with E-state index in [0.717, 1.165) is 12.8 Å². The summed E-state index contributed by atoms with van der Waals surface area (Å²) >= 11 is 0. The zero-order chi connectivity index (χ0) is 26.0. The van der Waals surface area contributed by atoms with Gasteiger partial charge in [-0.1, -0.05) is 18.2 Å². The molecule has 3 aromatic rings. The summed E-state index contributed by atoms with van der Waals surface area (Å²) in [6.45, 7) is 1.69. The number of hydrogen-bond donors (Lipinski definition) is 4. The number of rotatable bonds is 9. The van der Waals surface area contributed by atoms with Gasteiger partial charge in [-0.05, 0) is 66.8 Å². The molecule has 7 nitrogen and oxygen atoms in total. The van der Waals surface area contributed by atoms with Gasteiger partial charge in [0.05, 0.1) is 22.6 Å². The van der Waals surface area contributed by atoms with Gasteiger partial charge in [-0.2, -0.15) is 8.42 Å². The molecule has 0 aliphatic heterocycles. The Balaban J connectivity index is 1.71. The minimum Gasteiger partial charge on any atom is -0.350 e. The zero-order valence-electron chi connectivity index (χ0n) is 19.6. The molecule has 0 spiro atoms. The van der Waals surface area contributed by atoms with E-state index in [-0.39, 0.29) is 35.0 Å². The van der Waals surface area contributed by atoms with Crippen molar-refractivity contribution in [2.75, 3.05) is 17.1 Å². The Morgan fingerprint density at radius 2 is 1.78 bits per heavy atom. The molecule has 1 aliphatic rings. The second-order valence-corrected chi connectivity index (χ2v) is 10.2. The van der Waals surface area contributed by atoms with Gasteiger partial charge in [-0.25, -0.2) is 17.9 Å². The number of halogens is 3. The van der Waals surface area contributed by atoms with Gasteiger partial charge in [0, 0.05) is 19.5 Å². The van der Waals surface area contributed by atoms with E-state index >= 15 is 8.78 Å². The summed E-state index contributed by atoms with van der Waals surface area (Å²) in [5.74, 6) is -3.80. The van der Waals surface area contributed by atoms with Crippen molar-refractivity contribution >= 4 is 33.2 Å². The molecule has 0 radical (unpaired) electrons. The van der Waals surface area contributed by atoms with E-state index in [1.807, 2.05) is 0 Å². The first kappa shape index (κ1) is 25.5. The van der Waals surface area contributed by atoms with Crippen LogP contribution in [0, 0.1) is 24.4 Å². The quantitative estimate of drug-likeness (QED) is 0.335. The summed E-state index contributed by atoms with van der Waals surface area (Å²) in [6, 6.07) is 11.6. The number of carbonyl (C=O) groups is 1. The Morgan fingerprint density at radius 1 is 1.03 bits per heavy atom. The fourth-order valence-electron chi connectivity index (χ4n) is 3.63. The van der Waals surface area contributed by atoms with Crippen molar-refractivity contribution < 1.29 is 26.4 Å². The lowest BCUT2D eigenvalue weighted by atomic mass is 9.99. The number of amides is 1. The highest BCUT2D eigenvalue weighted by molar-refractivity contribution is 7.90. The Morgan fingerprint density at radius 3 is 2.44 bits per heavy atom. The minimum absolute atomic E-state index is 0.0464. The normalized spacial score (nSPS) is 13.4. The van der Waals surface area contributed by atoms with Gasteiger partial charge in [0.1, 0.15) is 5.82 Å². The molecule has 1 amide bonds. The Bertz CT molecular complexity index is 1430. The Hall–Kier alpha value is -3.57. The van der Waals surface area contributed by atoms with Crippen LogP contribution in [0.25, 0.3) is 0 Å². The van der Waals surface area contributed by atoms with Gasteiger partial charge in [0.2, 0.25) is 0 Å². The molecule has 4 rings (SSSR count). The molecule has 0 saturated heterocycles. The predicted molar refractivity (Wildman–Crippen MR) is 132 cm³/mol. The summed E-state index contributed by atoms with van der Waals surface area (Å²) in [6.07, 6.45) is 1.45. The van der Waals surface area contributed by atoms with Crippen LogP contribution >= 0.6 is 0 Å². The van der Waals surface area contributed by atoms with E-state index in [0.29, 0.717) is 11.1 Å². The maximum absolute atomic E-state index is 15.3. The van der Waals surface area contributed by atoms with E-state index in [2.05, 4.69) is 20.1 Å². The second kappa shape index (κ2) is 10.2. The Labute approximate surface area is 207 Å². The fraction of sp³-hybridized carbons (Fsp3) is 0.240. The third-order valence-corrected chi connectivity index (χ3v) is 6.71. The summed E-state index contributed by atoms with van der Waals surface area (Å²) < 4.78 is 72.9. The molecule has 0 aromatic heterocycles. The molecular formula is C25H25F3N4O3S. The second-order valence-electron chi connectivity index (χ2n) is 8.63. The molecule has 1 fully saturated rings. The highest BCUT2D eigenvalue weighted by Crippen LogP contribution is 2.32. The van der Waals surface area contributed by atoms with E-state index in [9.17, 15) is 17.6 Å². The van der Waals surface area contributed by atoms with E-state index in [1.54, 1.807) is 25.1 Å². The van der Waals surface area contributed by atoms with E-state index < -0.39 is 39.3 Å². The van der Waals surface area contributed by atoms with Gasteiger partial charge in [-0.3, -0.25) is 9.52 Å². The molecule has 0 atom stereocenters. The van der Waals surface area contributed by atoms with Gasteiger partial charge < -0.3 is 10.6 Å². The highest BCUT2D eigenvalue weighted by Gasteiger charge is 2.28. The summed E-state index contributed by atoms with van der Waals surface area (Å²) in [5, 5.41) is 5.30. The van der Waals surface area contributed by atoms with Crippen LogP contribution in [-0.4, -0.2) is 27.4 Å². The lowest BCUT2D eigenvalue weighted by Gasteiger charge is -2.17. The maximum atomic E-state index is 15.3. The van der Waals surface area contributed by atoms with Gasteiger partial charge in [-0.15, -0.1) is 0 Å². The number of anilines is 3. The number of hydrogen-bond acceptors (Lipinski definition) is 4. The van der Waals surface area contributed by atoms with Crippen LogP contribution in [0.2, 0.25) is 0 Å². The number of aryl methyl sites for hydroxylation is 1. The first-order chi connectivity index (χ1) is 17.1. The van der Waals surface area contributed by atoms with Gasteiger partial charge >= 0.3 is 0 Å². The predicted octanol–water partition coefficient (Wildman–Crippen LogP) is 4.52. The van der Waals surface area contributed by atoms with Gasteiger partial charge in [0.15, 0.2) is 11.6 Å². The molecule has 4 N–H and O–H groups in total. The molecule has 36 heavy (non-hydrogen) atoms. The monoisotopic (exact) mass is 518 g/mol. The largest absolute Gasteiger partial charge is 0.350 e. The summed E-state index contributed by atoms with van der Waals surface area (Å²) in [4.78, 5) is 12.9. The topological polar surface area (TPSA) is 99.3 Å². The van der Waals surface area contributed by atoms with Crippen LogP contribution < -0.4 is 20.1 Å². The van der Waals surface area contributed by atoms with Crippen molar-refractivity contribution in [3.05, 3.63) is 88.2 Å². The van der Waals surface area contributed by atoms with E-state index in [4.69, 9.17) is 0 Å². The average Bonchev–Trinajstić information content (AvgIpc) is 3.64. The Kier molecular flexibility index (Phi) is 7.23. The molecular weight excluding hydrogens is 493 g/mol. The van der Waals surface area contributed by atoms with Gasteiger partial charge in [0.25, 0.3) is 16.1 Å². The highest BCUT2D eigenvalue weighted by atomic mass is 32.2. The standard InChI is InChI=1S/C25H25F3N4O3S/c1-14-6-9-21(20(26)10-14)31-24-19(25(33)30-17-7-8-17)13-16(22(27)23(24)28)11-15-4-3-5-18(12-15)32-36(34,35)29-2/h3-6,9-10,12-13,17,29,31-32H,7-8,11H2,1-2H3,(H,30,33). The summed E-state index contributed by atoms with van der Waals surface area (Å²) in [5.41, 5.74) is 0.501. The zero-order valence-corrected chi connectivity index (χ0v) is 20.4. The summed E-state index contributed by atoms with van der Waals surface area (Å²) in [7, 11) is -2.52. The lowest BCUT2D eigenvalue weighted by molar-refractivity contribution is 0.0951. The third-order valence-electron chi connectivity index (χ3n) is 5.67. The third kappa shape index (κ3) is 5.97. The molecule has 1 aliphatic carbocycles. The molecule has 1 saturated carbocycles. The van der Waals surface area contributed by atoms with Crippen LogP contribution in [-0.2, 0) is 16.6 Å². The van der Waals surface area contributed by atoms with Crippen LogP contribution in [0.15, 0.2) is 48.5 Å². The molecule has 11 heteroatoms. The fourth-order valence-corrected chi connectivity index (χ4v) is 4.17. The van der Waals surface area contributed by atoms with Crippen LogP contribution in [0.5, 0.6) is 0 Å². The average molecular weight is 519 g/mol. The first-order valence-corrected chi connectivity index (χ1v) is 12.7. The number of benzene rings is 3. The maximum Gasteiger partial charge on any atom is 0.298 e. The molecule has 3 aromatic carbocycles. The van der Waals surface area contributed by atoms with Crippen molar-refractivity contribution in [2.24, 2.45) is 0 Å². The van der Waals surface area contributed by atoms with Crippen LogP contribution in [0.1, 0.15) is 39.9 Å².